The molecule has 0 atom stereocenters. The second-order valence-corrected chi connectivity index (χ2v) is 4.47. The molecule has 1 aromatic rings. The van der Waals surface area contributed by atoms with Crippen molar-refractivity contribution < 1.29 is 4.52 Å². The highest BCUT2D eigenvalue weighted by atomic mass is 16.5. The maximum atomic E-state index is 5.03. The standard InChI is InChI=1S/C9H17N3O/c1-6(2)10-8-11-7(12-13-8)9(3,4)5/h6H,1-5H3,(H,10,11,12). The van der Waals surface area contributed by atoms with E-state index in [9.17, 15) is 0 Å². The van der Waals surface area contributed by atoms with Crippen LogP contribution in [0.5, 0.6) is 0 Å². The van der Waals surface area contributed by atoms with Crippen LogP contribution < -0.4 is 5.32 Å². The van der Waals surface area contributed by atoms with Gasteiger partial charge in [-0.25, -0.2) is 0 Å². The van der Waals surface area contributed by atoms with E-state index in [1.54, 1.807) is 0 Å². The van der Waals surface area contributed by atoms with E-state index in [0.717, 1.165) is 5.82 Å². The van der Waals surface area contributed by atoms with Crippen molar-refractivity contribution in [3.05, 3.63) is 5.82 Å². The van der Waals surface area contributed by atoms with E-state index in [2.05, 4.69) is 36.2 Å². The summed E-state index contributed by atoms with van der Waals surface area (Å²) in [6.07, 6.45) is 0. The van der Waals surface area contributed by atoms with E-state index in [4.69, 9.17) is 4.52 Å². The van der Waals surface area contributed by atoms with E-state index in [1.165, 1.54) is 0 Å². The Kier molecular flexibility index (Phi) is 2.59. The first-order valence-corrected chi connectivity index (χ1v) is 4.50. The molecule has 4 nitrogen and oxygen atoms in total. The smallest absolute Gasteiger partial charge is 0.321 e. The van der Waals surface area contributed by atoms with Gasteiger partial charge in [-0.1, -0.05) is 25.9 Å². The predicted octanol–water partition coefficient (Wildman–Crippen LogP) is 2.19. The van der Waals surface area contributed by atoms with Crippen molar-refractivity contribution in [2.75, 3.05) is 5.32 Å². The summed E-state index contributed by atoms with van der Waals surface area (Å²) in [4.78, 5) is 4.23. The minimum Gasteiger partial charge on any atom is -0.336 e. The third-order valence-corrected chi connectivity index (χ3v) is 1.51. The van der Waals surface area contributed by atoms with E-state index < -0.39 is 0 Å². The Balaban J connectivity index is 2.75. The molecule has 0 radical (unpaired) electrons. The SMILES string of the molecule is CC(C)Nc1nc(C(C)(C)C)no1. The third-order valence-electron chi connectivity index (χ3n) is 1.51. The molecule has 1 aromatic heterocycles. The van der Waals surface area contributed by atoms with Gasteiger partial charge in [0.2, 0.25) is 0 Å². The van der Waals surface area contributed by atoms with Crippen molar-refractivity contribution in [2.45, 2.75) is 46.1 Å². The highest BCUT2D eigenvalue weighted by Gasteiger charge is 2.20. The lowest BCUT2D eigenvalue weighted by molar-refractivity contribution is 0.401. The van der Waals surface area contributed by atoms with Crippen molar-refractivity contribution in [3.63, 3.8) is 0 Å². The highest BCUT2D eigenvalue weighted by molar-refractivity contribution is 5.21. The molecule has 0 spiro atoms. The number of aromatic nitrogens is 2. The molecule has 0 bridgehead atoms. The molecule has 0 saturated carbocycles. The molecule has 0 amide bonds. The molecule has 0 fully saturated rings. The largest absolute Gasteiger partial charge is 0.336 e. The molecule has 0 aromatic carbocycles. The van der Waals surface area contributed by atoms with Crippen LogP contribution in [0, 0.1) is 0 Å². The Morgan fingerprint density at radius 1 is 1.31 bits per heavy atom. The number of nitrogens with one attached hydrogen (secondary N) is 1. The van der Waals surface area contributed by atoms with Crippen molar-refractivity contribution in [1.29, 1.82) is 0 Å². The van der Waals surface area contributed by atoms with Crippen molar-refractivity contribution in [1.82, 2.24) is 10.1 Å². The quantitative estimate of drug-likeness (QED) is 0.763. The van der Waals surface area contributed by atoms with E-state index in [1.807, 2.05) is 13.8 Å². The van der Waals surface area contributed by atoms with E-state index >= 15 is 0 Å². The monoisotopic (exact) mass is 183 g/mol. The number of hydrogen-bond acceptors (Lipinski definition) is 4. The molecular weight excluding hydrogens is 166 g/mol. The zero-order valence-corrected chi connectivity index (χ0v) is 8.88. The van der Waals surface area contributed by atoms with Crippen LogP contribution in [0.15, 0.2) is 4.52 Å². The van der Waals surface area contributed by atoms with Gasteiger partial charge in [0, 0.05) is 11.5 Å². The minimum atomic E-state index is -0.0551. The van der Waals surface area contributed by atoms with Gasteiger partial charge in [-0.15, -0.1) is 0 Å². The van der Waals surface area contributed by atoms with Crippen molar-refractivity contribution >= 4 is 6.01 Å². The first-order chi connectivity index (χ1) is 5.89. The van der Waals surface area contributed by atoms with Gasteiger partial charge in [-0.05, 0) is 13.8 Å². The summed E-state index contributed by atoms with van der Waals surface area (Å²) in [6, 6.07) is 0.813. The Labute approximate surface area is 78.7 Å². The van der Waals surface area contributed by atoms with Crippen LogP contribution in [0.3, 0.4) is 0 Å². The van der Waals surface area contributed by atoms with Crippen LogP contribution >= 0.6 is 0 Å². The molecule has 0 aliphatic carbocycles. The molecular formula is C9H17N3O. The van der Waals surface area contributed by atoms with Crippen LogP contribution in [0.25, 0.3) is 0 Å². The molecule has 1 heterocycles. The number of anilines is 1. The molecule has 13 heavy (non-hydrogen) atoms. The molecule has 74 valence electrons. The van der Waals surface area contributed by atoms with E-state index in [-0.39, 0.29) is 5.41 Å². The second kappa shape index (κ2) is 3.36. The third kappa shape index (κ3) is 2.72. The normalized spacial score (nSPS) is 12.2. The van der Waals surface area contributed by atoms with Gasteiger partial charge < -0.3 is 9.84 Å². The minimum absolute atomic E-state index is 0.0551. The predicted molar refractivity (Wildman–Crippen MR) is 51.8 cm³/mol. The van der Waals surface area contributed by atoms with Crippen molar-refractivity contribution in [3.8, 4) is 0 Å². The second-order valence-electron chi connectivity index (χ2n) is 4.47. The zero-order chi connectivity index (χ0) is 10.1. The van der Waals surface area contributed by atoms with Crippen LogP contribution in [0.4, 0.5) is 6.01 Å². The molecule has 0 saturated heterocycles. The summed E-state index contributed by atoms with van der Waals surface area (Å²) in [5.41, 5.74) is -0.0551. The first-order valence-electron chi connectivity index (χ1n) is 4.50. The van der Waals surface area contributed by atoms with E-state index in [0.29, 0.717) is 12.1 Å². The first kappa shape index (κ1) is 10.0. The lowest BCUT2D eigenvalue weighted by atomic mass is 9.96. The highest BCUT2D eigenvalue weighted by Crippen LogP contribution is 2.19. The molecule has 4 heteroatoms. The van der Waals surface area contributed by atoms with Crippen LogP contribution in [0.1, 0.15) is 40.4 Å². The Morgan fingerprint density at radius 3 is 2.31 bits per heavy atom. The molecule has 0 aliphatic heterocycles. The number of rotatable bonds is 2. The molecule has 0 unspecified atom stereocenters. The van der Waals surface area contributed by atoms with Crippen LogP contribution in [-0.4, -0.2) is 16.2 Å². The average molecular weight is 183 g/mol. The fraction of sp³-hybridized carbons (Fsp3) is 0.778. The fourth-order valence-corrected chi connectivity index (χ4v) is 0.834. The zero-order valence-electron chi connectivity index (χ0n) is 8.88. The lowest BCUT2D eigenvalue weighted by Crippen LogP contribution is -2.14. The van der Waals surface area contributed by atoms with Gasteiger partial charge in [0.05, 0.1) is 0 Å². The van der Waals surface area contributed by atoms with Gasteiger partial charge in [-0.2, -0.15) is 4.98 Å². The summed E-state index contributed by atoms with van der Waals surface area (Å²) >= 11 is 0. The van der Waals surface area contributed by atoms with Gasteiger partial charge >= 0.3 is 6.01 Å². The van der Waals surface area contributed by atoms with Gasteiger partial charge in [-0.3, -0.25) is 0 Å². The summed E-state index contributed by atoms with van der Waals surface area (Å²) in [6.45, 7) is 10.2. The summed E-state index contributed by atoms with van der Waals surface area (Å²) < 4.78 is 5.03. The van der Waals surface area contributed by atoms with Gasteiger partial charge in [0.15, 0.2) is 5.82 Å². The van der Waals surface area contributed by atoms with Gasteiger partial charge in [0.25, 0.3) is 0 Å². The molecule has 1 N–H and O–H groups in total. The van der Waals surface area contributed by atoms with Crippen LogP contribution in [0.2, 0.25) is 0 Å². The molecule has 1 rings (SSSR count). The average Bonchev–Trinajstić information content (AvgIpc) is 2.32. The van der Waals surface area contributed by atoms with Crippen LogP contribution in [-0.2, 0) is 5.41 Å². The maximum Gasteiger partial charge on any atom is 0.321 e. The topological polar surface area (TPSA) is 51.0 Å². The summed E-state index contributed by atoms with van der Waals surface area (Å²) in [5, 5.41) is 6.95. The Morgan fingerprint density at radius 2 is 1.92 bits per heavy atom. The summed E-state index contributed by atoms with van der Waals surface area (Å²) in [5.74, 6) is 0.732. The maximum absolute atomic E-state index is 5.03. The number of nitrogens with zero attached hydrogens (tertiary/aromatic N) is 2. The molecule has 0 aliphatic rings. The fourth-order valence-electron chi connectivity index (χ4n) is 0.834. The Hall–Kier alpha value is -1.06. The van der Waals surface area contributed by atoms with Gasteiger partial charge in [0.1, 0.15) is 0 Å². The summed E-state index contributed by atoms with van der Waals surface area (Å²) in [7, 11) is 0. The van der Waals surface area contributed by atoms with Crippen molar-refractivity contribution in [2.24, 2.45) is 0 Å². The lowest BCUT2D eigenvalue weighted by Gasteiger charge is -2.10. The Bertz CT molecular complexity index is 273. The number of hydrogen-bond donors (Lipinski definition) is 1.